The van der Waals surface area contributed by atoms with E-state index in [9.17, 15) is 14.4 Å². The number of benzene rings is 1. The molecule has 0 radical (unpaired) electrons. The molecule has 0 aromatic heterocycles. The van der Waals surface area contributed by atoms with Gasteiger partial charge in [-0.1, -0.05) is 12.1 Å². The number of carbonyl (C=O) groups is 3. The van der Waals surface area contributed by atoms with E-state index in [2.05, 4.69) is 10.6 Å². The first-order valence-corrected chi connectivity index (χ1v) is 7.14. The highest BCUT2D eigenvalue weighted by Gasteiger charge is 2.18. The summed E-state index contributed by atoms with van der Waals surface area (Å²) in [5.74, 6) is -0.944. The van der Waals surface area contributed by atoms with Crippen LogP contribution in [0.3, 0.4) is 0 Å². The zero-order valence-corrected chi connectivity index (χ0v) is 13.3. The van der Waals surface area contributed by atoms with Gasteiger partial charge < -0.3 is 15.4 Å². The lowest BCUT2D eigenvalue weighted by Gasteiger charge is -2.15. The summed E-state index contributed by atoms with van der Waals surface area (Å²) in [7, 11) is 0. The van der Waals surface area contributed by atoms with E-state index < -0.39 is 12.1 Å². The SMILES string of the molecule is CC(=O)Nc1ccc(CC(=O)O[C@@H](C)C(=O)NC(C)C)cc1. The third-order valence-electron chi connectivity index (χ3n) is 2.73. The van der Waals surface area contributed by atoms with E-state index in [4.69, 9.17) is 4.74 Å². The molecular formula is C16H22N2O4. The van der Waals surface area contributed by atoms with Crippen LogP contribution in [0.2, 0.25) is 0 Å². The van der Waals surface area contributed by atoms with E-state index in [1.807, 2.05) is 13.8 Å². The topological polar surface area (TPSA) is 84.5 Å². The Hall–Kier alpha value is -2.37. The molecule has 2 amide bonds. The zero-order chi connectivity index (χ0) is 16.7. The number of esters is 1. The zero-order valence-electron chi connectivity index (χ0n) is 13.3. The summed E-state index contributed by atoms with van der Waals surface area (Å²) in [4.78, 5) is 34.4. The van der Waals surface area contributed by atoms with Gasteiger partial charge in [-0.2, -0.15) is 0 Å². The van der Waals surface area contributed by atoms with Crippen molar-refractivity contribution in [1.82, 2.24) is 5.32 Å². The van der Waals surface area contributed by atoms with Gasteiger partial charge >= 0.3 is 5.97 Å². The van der Waals surface area contributed by atoms with Crippen LogP contribution in [-0.2, 0) is 25.5 Å². The van der Waals surface area contributed by atoms with Crippen molar-refractivity contribution in [1.29, 1.82) is 0 Å². The molecule has 0 saturated carbocycles. The van der Waals surface area contributed by atoms with Crippen molar-refractivity contribution in [3.63, 3.8) is 0 Å². The monoisotopic (exact) mass is 306 g/mol. The van der Waals surface area contributed by atoms with Crippen molar-refractivity contribution in [2.75, 3.05) is 5.32 Å². The standard InChI is InChI=1S/C16H22N2O4/c1-10(2)17-16(21)11(3)22-15(20)9-13-5-7-14(8-6-13)18-12(4)19/h5-8,10-11H,9H2,1-4H3,(H,17,21)(H,18,19)/t11-/m0/s1. The fourth-order valence-electron chi connectivity index (χ4n) is 1.77. The predicted octanol–water partition coefficient (Wildman–Crippen LogP) is 1.64. The number of nitrogens with one attached hydrogen (secondary N) is 2. The summed E-state index contributed by atoms with van der Waals surface area (Å²) in [6.45, 7) is 6.64. The molecule has 0 bridgehead atoms. The van der Waals surface area contributed by atoms with E-state index in [-0.39, 0.29) is 24.3 Å². The number of hydrogen-bond donors (Lipinski definition) is 2. The first kappa shape index (κ1) is 17.7. The maximum Gasteiger partial charge on any atom is 0.311 e. The summed E-state index contributed by atoms with van der Waals surface area (Å²) in [6.07, 6.45) is -0.756. The van der Waals surface area contributed by atoms with Crippen LogP contribution < -0.4 is 10.6 Å². The summed E-state index contributed by atoms with van der Waals surface area (Å²) in [6, 6.07) is 6.86. The number of rotatable bonds is 6. The van der Waals surface area contributed by atoms with Gasteiger partial charge in [0.05, 0.1) is 6.42 Å². The van der Waals surface area contributed by atoms with Gasteiger partial charge in [0.25, 0.3) is 5.91 Å². The third-order valence-corrected chi connectivity index (χ3v) is 2.73. The number of amides is 2. The second-order valence-corrected chi connectivity index (χ2v) is 5.35. The summed E-state index contributed by atoms with van der Waals surface area (Å²) < 4.78 is 5.09. The molecule has 0 heterocycles. The fourth-order valence-corrected chi connectivity index (χ4v) is 1.77. The van der Waals surface area contributed by atoms with Gasteiger partial charge in [-0.05, 0) is 38.5 Å². The fraction of sp³-hybridized carbons (Fsp3) is 0.438. The Morgan fingerprint density at radius 1 is 1.09 bits per heavy atom. The van der Waals surface area contributed by atoms with Crippen LogP contribution in [0.5, 0.6) is 0 Å². The lowest BCUT2D eigenvalue weighted by Crippen LogP contribution is -2.39. The second kappa shape index (κ2) is 8.17. The molecule has 0 aliphatic heterocycles. The quantitative estimate of drug-likeness (QED) is 0.783. The molecule has 0 fully saturated rings. The van der Waals surface area contributed by atoms with Crippen LogP contribution in [-0.4, -0.2) is 29.9 Å². The first-order chi connectivity index (χ1) is 10.3. The van der Waals surface area contributed by atoms with Crippen LogP contribution in [0.1, 0.15) is 33.3 Å². The number of hydrogen-bond acceptors (Lipinski definition) is 4. The molecule has 1 aromatic carbocycles. The first-order valence-electron chi connectivity index (χ1n) is 7.14. The maximum atomic E-state index is 11.8. The molecule has 0 aliphatic carbocycles. The van der Waals surface area contributed by atoms with Crippen molar-refractivity contribution < 1.29 is 19.1 Å². The highest BCUT2D eigenvalue weighted by atomic mass is 16.5. The molecule has 6 heteroatoms. The van der Waals surface area contributed by atoms with Gasteiger partial charge in [0.2, 0.25) is 5.91 Å². The Bertz CT molecular complexity index is 538. The van der Waals surface area contributed by atoms with E-state index >= 15 is 0 Å². The van der Waals surface area contributed by atoms with Crippen molar-refractivity contribution in [2.24, 2.45) is 0 Å². The Morgan fingerprint density at radius 2 is 1.68 bits per heavy atom. The Labute approximate surface area is 130 Å². The molecule has 22 heavy (non-hydrogen) atoms. The largest absolute Gasteiger partial charge is 0.452 e. The highest BCUT2D eigenvalue weighted by Crippen LogP contribution is 2.11. The van der Waals surface area contributed by atoms with Crippen LogP contribution >= 0.6 is 0 Å². The lowest BCUT2D eigenvalue weighted by molar-refractivity contribution is -0.154. The molecule has 2 N–H and O–H groups in total. The molecule has 0 aliphatic rings. The lowest BCUT2D eigenvalue weighted by atomic mass is 10.1. The van der Waals surface area contributed by atoms with Crippen LogP contribution in [0, 0.1) is 0 Å². The van der Waals surface area contributed by atoms with Crippen molar-refractivity contribution in [3.05, 3.63) is 29.8 Å². The molecule has 0 spiro atoms. The molecule has 120 valence electrons. The molecule has 0 unspecified atom stereocenters. The Morgan fingerprint density at radius 3 is 2.18 bits per heavy atom. The predicted molar refractivity (Wildman–Crippen MR) is 83.3 cm³/mol. The summed E-state index contributed by atoms with van der Waals surface area (Å²) in [5.41, 5.74) is 1.41. The number of anilines is 1. The average Bonchev–Trinajstić information content (AvgIpc) is 2.39. The van der Waals surface area contributed by atoms with Gasteiger partial charge in [-0.25, -0.2) is 0 Å². The van der Waals surface area contributed by atoms with Crippen molar-refractivity contribution >= 4 is 23.5 Å². The van der Waals surface area contributed by atoms with Gasteiger partial charge in [-0.15, -0.1) is 0 Å². The minimum Gasteiger partial charge on any atom is -0.452 e. The summed E-state index contributed by atoms with van der Waals surface area (Å²) in [5, 5.41) is 5.32. The Kier molecular flexibility index (Phi) is 6.56. The minimum atomic E-state index is -0.825. The van der Waals surface area contributed by atoms with E-state index in [0.29, 0.717) is 5.69 Å². The second-order valence-electron chi connectivity index (χ2n) is 5.35. The normalized spacial score (nSPS) is 11.7. The molecule has 1 rings (SSSR count). The molecule has 6 nitrogen and oxygen atoms in total. The Balaban J connectivity index is 2.51. The average molecular weight is 306 g/mol. The van der Waals surface area contributed by atoms with Crippen LogP contribution in [0.4, 0.5) is 5.69 Å². The number of carbonyl (C=O) groups excluding carboxylic acids is 3. The van der Waals surface area contributed by atoms with Gasteiger partial charge in [0.15, 0.2) is 6.10 Å². The third kappa shape index (κ3) is 6.39. The number of ether oxygens (including phenoxy) is 1. The highest BCUT2D eigenvalue weighted by molar-refractivity contribution is 5.88. The molecule has 1 atom stereocenters. The molecule has 1 aromatic rings. The van der Waals surface area contributed by atoms with Crippen LogP contribution in [0.15, 0.2) is 24.3 Å². The van der Waals surface area contributed by atoms with Gasteiger partial charge in [0, 0.05) is 18.7 Å². The van der Waals surface area contributed by atoms with Gasteiger partial charge in [0.1, 0.15) is 0 Å². The molecule has 0 saturated heterocycles. The maximum absolute atomic E-state index is 11.8. The van der Waals surface area contributed by atoms with Crippen LogP contribution in [0.25, 0.3) is 0 Å². The smallest absolute Gasteiger partial charge is 0.311 e. The van der Waals surface area contributed by atoms with Crippen molar-refractivity contribution in [3.8, 4) is 0 Å². The van der Waals surface area contributed by atoms with Gasteiger partial charge in [-0.3, -0.25) is 14.4 Å². The van der Waals surface area contributed by atoms with E-state index in [1.54, 1.807) is 24.3 Å². The van der Waals surface area contributed by atoms with E-state index in [0.717, 1.165) is 5.56 Å². The molecular weight excluding hydrogens is 284 g/mol. The van der Waals surface area contributed by atoms with Crippen molar-refractivity contribution in [2.45, 2.75) is 46.3 Å². The summed E-state index contributed by atoms with van der Waals surface area (Å²) >= 11 is 0. The van der Waals surface area contributed by atoms with E-state index in [1.165, 1.54) is 13.8 Å². The minimum absolute atomic E-state index is 0.00466.